The quantitative estimate of drug-likeness (QED) is 0.284. The molecule has 9 nitrogen and oxygen atoms in total. The molecule has 4 aromatic rings. The number of nitrogens with zero attached hydrogens (tertiary/aromatic N) is 2. The Morgan fingerprint density at radius 1 is 0.833 bits per heavy atom. The van der Waals surface area contributed by atoms with Gasteiger partial charge in [0.1, 0.15) is 17.9 Å². The second-order valence-electron chi connectivity index (χ2n) is 7.76. The molecule has 0 N–H and O–H groups in total. The zero-order valence-electron chi connectivity index (χ0n) is 20.4. The Balaban J connectivity index is 1.44. The van der Waals surface area contributed by atoms with Crippen molar-refractivity contribution < 1.29 is 32.9 Å². The van der Waals surface area contributed by atoms with Crippen LogP contribution in [0, 0.1) is 6.92 Å². The van der Waals surface area contributed by atoms with E-state index in [1.165, 1.54) is 21.3 Å². The van der Waals surface area contributed by atoms with Gasteiger partial charge in [0.25, 0.3) is 5.89 Å². The fourth-order valence-electron chi connectivity index (χ4n) is 3.56. The lowest BCUT2D eigenvalue weighted by molar-refractivity contribution is 0.0433. The topological polar surface area (TPSA) is 102 Å². The molecule has 0 atom stereocenters. The van der Waals surface area contributed by atoms with Crippen molar-refractivity contribution in [2.75, 3.05) is 21.3 Å². The van der Waals surface area contributed by atoms with E-state index in [4.69, 9.17) is 28.1 Å². The smallest absolute Gasteiger partial charge is 0.342 e. The number of ether oxygens (including phenoxy) is 5. The molecule has 1 aromatic heterocycles. The lowest BCUT2D eigenvalue weighted by atomic mass is 10.1. The summed E-state index contributed by atoms with van der Waals surface area (Å²) in [6.45, 7) is 2.13. The highest BCUT2D eigenvalue weighted by atomic mass is 16.5. The molecule has 0 aliphatic heterocycles. The van der Waals surface area contributed by atoms with Gasteiger partial charge in [0.15, 0.2) is 18.1 Å². The van der Waals surface area contributed by atoms with Gasteiger partial charge in [-0.05, 0) is 36.8 Å². The molecule has 36 heavy (non-hydrogen) atoms. The monoisotopic (exact) mass is 490 g/mol. The van der Waals surface area contributed by atoms with E-state index in [9.17, 15) is 4.79 Å². The predicted molar refractivity (Wildman–Crippen MR) is 130 cm³/mol. The van der Waals surface area contributed by atoms with Gasteiger partial charge in [-0.25, -0.2) is 4.79 Å². The van der Waals surface area contributed by atoms with Crippen LogP contribution in [-0.4, -0.2) is 37.5 Å². The van der Waals surface area contributed by atoms with Crippen LogP contribution < -0.4 is 18.9 Å². The van der Waals surface area contributed by atoms with Crippen molar-refractivity contribution in [2.24, 2.45) is 0 Å². The highest BCUT2D eigenvalue weighted by Crippen LogP contribution is 2.40. The van der Waals surface area contributed by atoms with Crippen molar-refractivity contribution in [1.29, 1.82) is 0 Å². The molecule has 186 valence electrons. The molecule has 3 aromatic carbocycles. The summed E-state index contributed by atoms with van der Waals surface area (Å²) in [4.78, 5) is 12.8. The number of hydrogen-bond donors (Lipinski definition) is 0. The van der Waals surface area contributed by atoms with Crippen LogP contribution in [0.15, 0.2) is 65.1 Å². The normalized spacial score (nSPS) is 10.6. The third-order valence-corrected chi connectivity index (χ3v) is 5.29. The Morgan fingerprint density at radius 3 is 2.28 bits per heavy atom. The summed E-state index contributed by atoms with van der Waals surface area (Å²) in [5.74, 6) is 1.53. The highest BCUT2D eigenvalue weighted by Gasteiger charge is 2.19. The number of benzene rings is 3. The predicted octanol–water partition coefficient (Wildman–Crippen LogP) is 5.01. The minimum Gasteiger partial charge on any atom is -0.493 e. The van der Waals surface area contributed by atoms with Gasteiger partial charge in [-0.15, -0.1) is 10.2 Å². The Bertz CT molecular complexity index is 1320. The number of para-hydroxylation sites is 1. The van der Waals surface area contributed by atoms with Crippen molar-refractivity contribution in [2.45, 2.75) is 20.1 Å². The number of carbonyl (C=O) groups is 1. The summed E-state index contributed by atoms with van der Waals surface area (Å²) >= 11 is 0. The van der Waals surface area contributed by atoms with Gasteiger partial charge < -0.3 is 28.1 Å². The molecule has 0 fully saturated rings. The van der Waals surface area contributed by atoms with Gasteiger partial charge in [-0.1, -0.05) is 42.0 Å². The van der Waals surface area contributed by atoms with E-state index in [0.29, 0.717) is 40.7 Å². The lowest BCUT2D eigenvalue weighted by Gasteiger charge is -2.12. The molecule has 0 saturated heterocycles. The Morgan fingerprint density at radius 2 is 1.58 bits per heavy atom. The standard InChI is InChI=1S/C27H26N2O7/c1-17-8-7-9-18(12-17)15-34-21-11-6-5-10-20(21)27(30)35-16-24-28-29-26(36-24)19-13-22(31-2)25(33-4)23(14-19)32-3/h5-14H,15-16H2,1-4H3. The summed E-state index contributed by atoms with van der Waals surface area (Å²) < 4.78 is 33.1. The second-order valence-corrected chi connectivity index (χ2v) is 7.76. The minimum absolute atomic E-state index is 0.130. The van der Waals surface area contributed by atoms with Crippen LogP contribution in [0.1, 0.15) is 27.4 Å². The minimum atomic E-state index is -0.567. The van der Waals surface area contributed by atoms with Gasteiger partial charge in [0.2, 0.25) is 11.6 Å². The third kappa shape index (κ3) is 5.57. The summed E-state index contributed by atoms with van der Waals surface area (Å²) in [6, 6.07) is 18.3. The first-order chi connectivity index (χ1) is 17.5. The van der Waals surface area contributed by atoms with Crippen LogP contribution in [0.2, 0.25) is 0 Å². The molecule has 0 aliphatic rings. The van der Waals surface area contributed by atoms with Gasteiger partial charge in [-0.3, -0.25) is 0 Å². The number of esters is 1. The largest absolute Gasteiger partial charge is 0.493 e. The Hall–Kier alpha value is -4.53. The molecular formula is C27H26N2O7. The first-order valence-corrected chi connectivity index (χ1v) is 11.1. The average Bonchev–Trinajstić information content (AvgIpc) is 3.39. The molecule has 0 spiro atoms. The van der Waals surface area contributed by atoms with E-state index in [1.54, 1.807) is 36.4 Å². The van der Waals surface area contributed by atoms with E-state index in [0.717, 1.165) is 11.1 Å². The molecule has 0 aliphatic carbocycles. The first-order valence-electron chi connectivity index (χ1n) is 11.1. The number of methoxy groups -OCH3 is 3. The molecule has 0 saturated carbocycles. The maximum atomic E-state index is 12.8. The van der Waals surface area contributed by atoms with Crippen molar-refractivity contribution in [1.82, 2.24) is 10.2 Å². The summed E-state index contributed by atoms with van der Waals surface area (Å²) in [6.07, 6.45) is 0. The average molecular weight is 491 g/mol. The van der Waals surface area contributed by atoms with Crippen LogP contribution >= 0.6 is 0 Å². The van der Waals surface area contributed by atoms with Gasteiger partial charge in [0.05, 0.1) is 21.3 Å². The summed E-state index contributed by atoms with van der Waals surface area (Å²) in [5, 5.41) is 8.03. The second kappa shape index (κ2) is 11.3. The first kappa shape index (κ1) is 24.6. The number of aryl methyl sites for hydroxylation is 1. The molecule has 0 unspecified atom stereocenters. The number of rotatable bonds is 10. The van der Waals surface area contributed by atoms with Crippen LogP contribution in [-0.2, 0) is 18.0 Å². The molecular weight excluding hydrogens is 464 g/mol. The van der Waals surface area contributed by atoms with E-state index in [2.05, 4.69) is 10.2 Å². The van der Waals surface area contributed by atoms with E-state index in [-0.39, 0.29) is 18.4 Å². The van der Waals surface area contributed by atoms with Crippen molar-refractivity contribution in [3.8, 4) is 34.5 Å². The fourth-order valence-corrected chi connectivity index (χ4v) is 3.56. The number of aromatic nitrogens is 2. The molecule has 1 heterocycles. The highest BCUT2D eigenvalue weighted by molar-refractivity contribution is 5.92. The molecule has 4 rings (SSSR count). The maximum absolute atomic E-state index is 12.8. The molecule has 0 amide bonds. The van der Waals surface area contributed by atoms with Crippen molar-refractivity contribution in [3.05, 3.63) is 83.2 Å². The van der Waals surface area contributed by atoms with E-state index >= 15 is 0 Å². The molecule has 0 bridgehead atoms. The Labute approximate surface area is 208 Å². The van der Waals surface area contributed by atoms with Gasteiger partial charge in [0, 0.05) is 5.56 Å². The van der Waals surface area contributed by atoms with E-state index in [1.807, 2.05) is 31.2 Å². The van der Waals surface area contributed by atoms with Crippen molar-refractivity contribution in [3.63, 3.8) is 0 Å². The third-order valence-electron chi connectivity index (χ3n) is 5.29. The fraction of sp³-hybridized carbons (Fsp3) is 0.222. The van der Waals surface area contributed by atoms with Crippen LogP contribution in [0.4, 0.5) is 0 Å². The van der Waals surface area contributed by atoms with Gasteiger partial charge in [-0.2, -0.15) is 0 Å². The SMILES string of the molecule is COc1cc(-c2nnc(COC(=O)c3ccccc3OCc3cccc(C)c3)o2)cc(OC)c1OC. The molecule has 0 radical (unpaired) electrons. The maximum Gasteiger partial charge on any atom is 0.342 e. The van der Waals surface area contributed by atoms with Crippen LogP contribution in [0.5, 0.6) is 23.0 Å². The van der Waals surface area contributed by atoms with E-state index < -0.39 is 5.97 Å². The zero-order chi connectivity index (χ0) is 25.5. The van der Waals surface area contributed by atoms with Crippen LogP contribution in [0.3, 0.4) is 0 Å². The van der Waals surface area contributed by atoms with Crippen molar-refractivity contribution >= 4 is 5.97 Å². The Kier molecular flexibility index (Phi) is 7.69. The number of carbonyl (C=O) groups excluding carboxylic acids is 1. The lowest BCUT2D eigenvalue weighted by Crippen LogP contribution is -2.08. The van der Waals surface area contributed by atoms with Gasteiger partial charge >= 0.3 is 5.97 Å². The zero-order valence-corrected chi connectivity index (χ0v) is 20.4. The summed E-state index contributed by atoms with van der Waals surface area (Å²) in [7, 11) is 4.55. The van der Waals surface area contributed by atoms with Crippen LogP contribution in [0.25, 0.3) is 11.5 Å². The molecule has 9 heteroatoms. The number of hydrogen-bond acceptors (Lipinski definition) is 9. The summed E-state index contributed by atoms with van der Waals surface area (Å²) in [5.41, 5.74) is 3.00.